The van der Waals surface area contributed by atoms with Crippen LogP contribution in [-0.4, -0.2) is 51.0 Å². The number of hydrogen-bond donors (Lipinski definition) is 1. The summed E-state index contributed by atoms with van der Waals surface area (Å²) in [4.78, 5) is 11.5. The Morgan fingerprint density at radius 1 is 1.48 bits per heavy atom. The molecule has 7 nitrogen and oxygen atoms in total. The molecule has 1 aliphatic rings. The summed E-state index contributed by atoms with van der Waals surface area (Å²) in [6.07, 6.45) is 0. The van der Waals surface area contributed by atoms with Gasteiger partial charge in [0.25, 0.3) is 0 Å². The van der Waals surface area contributed by atoms with Gasteiger partial charge in [0.05, 0.1) is 7.11 Å². The average Bonchev–Trinajstić information content (AvgIpc) is 2.83. The Kier molecular flexibility index (Phi) is 4.40. The lowest BCUT2D eigenvalue weighted by Gasteiger charge is -2.37. The number of hydrogen-bond acceptors (Lipinski definition) is 6. The molecule has 1 aromatic rings. The highest BCUT2D eigenvalue weighted by atomic mass is 32.2. The van der Waals surface area contributed by atoms with E-state index in [0.29, 0.717) is 13.1 Å². The van der Waals surface area contributed by atoms with E-state index in [1.165, 1.54) is 24.4 Å². The number of aryl methyl sites for hydroxylation is 1. The maximum Gasteiger partial charge on any atom is 0.373 e. The zero-order valence-electron chi connectivity index (χ0n) is 12.5. The van der Waals surface area contributed by atoms with Crippen molar-refractivity contribution in [1.82, 2.24) is 9.62 Å². The minimum absolute atomic E-state index is 0.0175. The number of piperazine rings is 1. The normalized spacial score (nSPS) is 24.0. The molecular formula is C13H20N2O5S. The van der Waals surface area contributed by atoms with Crippen LogP contribution >= 0.6 is 0 Å². The quantitative estimate of drug-likeness (QED) is 0.828. The Bertz CT molecular complexity index is 637. The van der Waals surface area contributed by atoms with Crippen molar-refractivity contribution in [3.63, 3.8) is 0 Å². The average molecular weight is 316 g/mol. The third kappa shape index (κ3) is 2.83. The van der Waals surface area contributed by atoms with E-state index in [1.807, 2.05) is 13.8 Å². The fraction of sp³-hybridized carbons (Fsp3) is 0.615. The highest BCUT2D eigenvalue weighted by molar-refractivity contribution is 7.89. The summed E-state index contributed by atoms with van der Waals surface area (Å²) in [5, 5.41) is 3.23. The summed E-state index contributed by atoms with van der Waals surface area (Å²) >= 11 is 0. The fourth-order valence-corrected chi connectivity index (χ4v) is 4.28. The van der Waals surface area contributed by atoms with Gasteiger partial charge in [0, 0.05) is 31.2 Å². The van der Waals surface area contributed by atoms with Gasteiger partial charge in [-0.15, -0.1) is 0 Å². The van der Waals surface area contributed by atoms with E-state index < -0.39 is 16.0 Å². The first-order valence-electron chi connectivity index (χ1n) is 6.73. The molecule has 8 heteroatoms. The Hall–Kier alpha value is -1.38. The maximum atomic E-state index is 12.8. The number of esters is 1. The minimum Gasteiger partial charge on any atom is -0.463 e. The molecule has 1 aliphatic heterocycles. The smallest absolute Gasteiger partial charge is 0.373 e. The van der Waals surface area contributed by atoms with Crippen LogP contribution in [0.15, 0.2) is 15.4 Å². The van der Waals surface area contributed by atoms with Gasteiger partial charge >= 0.3 is 5.97 Å². The third-order valence-corrected chi connectivity index (χ3v) is 5.92. The van der Waals surface area contributed by atoms with Crippen molar-refractivity contribution in [3.05, 3.63) is 17.6 Å². The zero-order chi connectivity index (χ0) is 15.8. The molecule has 0 saturated carbocycles. The predicted molar refractivity (Wildman–Crippen MR) is 75.6 cm³/mol. The number of furan rings is 1. The summed E-state index contributed by atoms with van der Waals surface area (Å²) in [5.74, 6) is -0.612. The van der Waals surface area contributed by atoms with Gasteiger partial charge in [-0.25, -0.2) is 13.2 Å². The molecule has 0 aromatic carbocycles. The van der Waals surface area contributed by atoms with E-state index in [2.05, 4.69) is 10.1 Å². The van der Waals surface area contributed by atoms with Crippen molar-refractivity contribution in [2.24, 2.45) is 0 Å². The predicted octanol–water partition coefficient (Wildman–Crippen LogP) is 0.746. The Morgan fingerprint density at radius 3 is 2.76 bits per heavy atom. The van der Waals surface area contributed by atoms with Gasteiger partial charge in [-0.05, 0) is 20.8 Å². The molecule has 1 saturated heterocycles. The summed E-state index contributed by atoms with van der Waals surface area (Å²) < 4.78 is 36.7. The van der Waals surface area contributed by atoms with Crippen LogP contribution in [0.2, 0.25) is 0 Å². The third-order valence-electron chi connectivity index (χ3n) is 3.82. The first kappa shape index (κ1) is 16.0. The lowest BCUT2D eigenvalue weighted by atomic mass is 10.1. The second-order valence-corrected chi connectivity index (χ2v) is 6.98. The number of ether oxygens (including phenoxy) is 1. The van der Waals surface area contributed by atoms with Crippen molar-refractivity contribution in [3.8, 4) is 0 Å². The number of nitrogens with zero attached hydrogens (tertiary/aromatic N) is 1. The van der Waals surface area contributed by atoms with Crippen molar-refractivity contribution < 1.29 is 22.4 Å². The van der Waals surface area contributed by atoms with Gasteiger partial charge in [-0.1, -0.05) is 0 Å². The molecule has 2 unspecified atom stereocenters. The van der Waals surface area contributed by atoms with Gasteiger partial charge < -0.3 is 14.5 Å². The van der Waals surface area contributed by atoms with Gasteiger partial charge in [-0.2, -0.15) is 4.31 Å². The van der Waals surface area contributed by atoms with E-state index in [4.69, 9.17) is 4.42 Å². The molecule has 1 aromatic heterocycles. The standard InChI is InChI=1S/C13H20N2O5S/c1-8-9(2)15(6-5-14-8)21(17,18)12-7-11(13(16)19-4)20-10(12)3/h7-9,14H,5-6H2,1-4H3. The van der Waals surface area contributed by atoms with Crippen LogP contribution in [0.4, 0.5) is 0 Å². The lowest BCUT2D eigenvalue weighted by Crippen LogP contribution is -2.57. The van der Waals surface area contributed by atoms with E-state index in [-0.39, 0.29) is 28.5 Å². The second kappa shape index (κ2) is 5.78. The largest absolute Gasteiger partial charge is 0.463 e. The molecule has 0 radical (unpaired) electrons. The highest BCUT2D eigenvalue weighted by Gasteiger charge is 2.37. The monoisotopic (exact) mass is 316 g/mol. The molecular weight excluding hydrogens is 296 g/mol. The van der Waals surface area contributed by atoms with E-state index in [0.717, 1.165) is 0 Å². The molecule has 1 fully saturated rings. The van der Waals surface area contributed by atoms with Gasteiger partial charge in [0.2, 0.25) is 15.8 Å². The molecule has 1 N–H and O–H groups in total. The molecule has 2 atom stereocenters. The van der Waals surface area contributed by atoms with Crippen LogP contribution in [-0.2, 0) is 14.8 Å². The van der Waals surface area contributed by atoms with Crippen LogP contribution in [0.25, 0.3) is 0 Å². The Labute approximate surface area is 124 Å². The number of rotatable bonds is 3. The maximum absolute atomic E-state index is 12.8. The van der Waals surface area contributed by atoms with Crippen molar-refractivity contribution in [1.29, 1.82) is 0 Å². The number of sulfonamides is 1. The van der Waals surface area contributed by atoms with Crippen molar-refractivity contribution in [2.45, 2.75) is 37.8 Å². The first-order valence-corrected chi connectivity index (χ1v) is 8.17. The van der Waals surface area contributed by atoms with Crippen LogP contribution in [0.5, 0.6) is 0 Å². The van der Waals surface area contributed by atoms with E-state index in [9.17, 15) is 13.2 Å². The van der Waals surface area contributed by atoms with E-state index >= 15 is 0 Å². The SMILES string of the molecule is COC(=O)c1cc(S(=O)(=O)N2CCNC(C)C2C)c(C)o1. The topological polar surface area (TPSA) is 88.9 Å². The number of carbonyl (C=O) groups is 1. The van der Waals surface area contributed by atoms with Gasteiger partial charge in [0.1, 0.15) is 10.7 Å². The van der Waals surface area contributed by atoms with Crippen LogP contribution in [0.1, 0.15) is 30.2 Å². The summed E-state index contributed by atoms with van der Waals surface area (Å²) in [6.45, 7) is 6.28. The van der Waals surface area contributed by atoms with Crippen molar-refractivity contribution >= 4 is 16.0 Å². The zero-order valence-corrected chi connectivity index (χ0v) is 13.4. The Balaban J connectivity index is 2.40. The summed E-state index contributed by atoms with van der Waals surface area (Å²) in [6, 6.07) is 1.11. The summed E-state index contributed by atoms with van der Waals surface area (Å²) in [5.41, 5.74) is 0. The molecule has 21 heavy (non-hydrogen) atoms. The van der Waals surface area contributed by atoms with Crippen LogP contribution in [0, 0.1) is 6.92 Å². The number of carbonyl (C=O) groups excluding carboxylic acids is 1. The molecule has 0 bridgehead atoms. The number of methoxy groups -OCH3 is 1. The first-order chi connectivity index (χ1) is 9.78. The molecule has 2 rings (SSSR count). The van der Waals surface area contributed by atoms with Crippen LogP contribution < -0.4 is 5.32 Å². The minimum atomic E-state index is -3.70. The molecule has 0 amide bonds. The second-order valence-electron chi connectivity index (χ2n) is 5.12. The summed E-state index contributed by atoms with van der Waals surface area (Å²) in [7, 11) is -2.49. The fourth-order valence-electron chi connectivity index (χ4n) is 2.41. The molecule has 0 spiro atoms. The van der Waals surface area contributed by atoms with Crippen LogP contribution in [0.3, 0.4) is 0 Å². The molecule has 118 valence electrons. The van der Waals surface area contributed by atoms with Gasteiger partial charge in [-0.3, -0.25) is 0 Å². The number of nitrogens with one attached hydrogen (secondary N) is 1. The van der Waals surface area contributed by atoms with Crippen molar-refractivity contribution in [2.75, 3.05) is 20.2 Å². The lowest BCUT2D eigenvalue weighted by molar-refractivity contribution is 0.0563. The highest BCUT2D eigenvalue weighted by Crippen LogP contribution is 2.27. The molecule has 2 heterocycles. The molecule has 0 aliphatic carbocycles. The van der Waals surface area contributed by atoms with E-state index in [1.54, 1.807) is 0 Å². The van der Waals surface area contributed by atoms with Gasteiger partial charge in [0.15, 0.2) is 0 Å². The Morgan fingerprint density at radius 2 is 2.14 bits per heavy atom.